The molecule has 0 aromatic heterocycles. The molecule has 0 fully saturated rings. The zero-order valence-electron chi connectivity index (χ0n) is 6.11. The van der Waals surface area contributed by atoms with Gasteiger partial charge in [0.15, 0.2) is 0 Å². The Bertz CT molecular complexity index is 260. The minimum Gasteiger partial charge on any atom is -0.508 e. The number of phenolic OH excluding ortho intramolecular Hbond substituents is 1. The van der Waals surface area contributed by atoms with Gasteiger partial charge >= 0.3 is 6.41 Å². The van der Waals surface area contributed by atoms with E-state index >= 15 is 0 Å². The average molecular weight is 150 g/mol. The molecular formula is C8H8NO2. The van der Waals surface area contributed by atoms with E-state index in [-0.39, 0.29) is 5.75 Å². The van der Waals surface area contributed by atoms with Gasteiger partial charge in [-0.25, -0.2) is 0 Å². The highest BCUT2D eigenvalue weighted by Gasteiger charge is 1.98. The maximum atomic E-state index is 10.1. The lowest BCUT2D eigenvalue weighted by Gasteiger charge is -2.08. The standard InChI is InChI=1S/C8H8NO2/c1-9(6-10)7-3-2-4-8(11)5-7/h2-5,11H,1H3. The van der Waals surface area contributed by atoms with Gasteiger partial charge in [-0.3, -0.25) is 4.79 Å². The molecule has 3 nitrogen and oxygen atoms in total. The van der Waals surface area contributed by atoms with Crippen molar-refractivity contribution < 1.29 is 9.90 Å². The first kappa shape index (κ1) is 7.60. The molecule has 0 bridgehead atoms. The number of anilines is 1. The Morgan fingerprint density at radius 3 is 2.82 bits per heavy atom. The Morgan fingerprint density at radius 2 is 2.27 bits per heavy atom. The van der Waals surface area contributed by atoms with E-state index in [9.17, 15) is 4.79 Å². The summed E-state index contributed by atoms with van der Waals surface area (Å²) in [6.45, 7) is 0. The zero-order valence-corrected chi connectivity index (χ0v) is 6.11. The molecule has 0 saturated heterocycles. The molecule has 1 N–H and O–H groups in total. The fourth-order valence-electron chi connectivity index (χ4n) is 0.754. The summed E-state index contributed by atoms with van der Waals surface area (Å²) in [7, 11) is 1.57. The van der Waals surface area contributed by atoms with Crippen LogP contribution in [0.5, 0.6) is 5.75 Å². The van der Waals surface area contributed by atoms with Crippen LogP contribution < -0.4 is 4.90 Å². The lowest BCUT2D eigenvalue weighted by atomic mass is 10.3. The number of aromatic hydroxyl groups is 1. The molecule has 0 unspecified atom stereocenters. The van der Waals surface area contributed by atoms with Gasteiger partial charge in [0.05, 0.1) is 0 Å². The highest BCUT2D eigenvalue weighted by Crippen LogP contribution is 2.17. The van der Waals surface area contributed by atoms with Crippen LogP contribution in [-0.4, -0.2) is 18.6 Å². The third kappa shape index (κ3) is 1.70. The van der Waals surface area contributed by atoms with E-state index < -0.39 is 0 Å². The monoisotopic (exact) mass is 150 g/mol. The van der Waals surface area contributed by atoms with Crippen molar-refractivity contribution in [1.82, 2.24) is 0 Å². The largest absolute Gasteiger partial charge is 0.508 e. The first-order valence-corrected chi connectivity index (χ1v) is 3.14. The molecule has 0 aliphatic rings. The fourth-order valence-corrected chi connectivity index (χ4v) is 0.754. The number of benzene rings is 1. The molecule has 0 atom stereocenters. The van der Waals surface area contributed by atoms with E-state index in [1.807, 2.05) is 0 Å². The summed E-state index contributed by atoms with van der Waals surface area (Å²) in [4.78, 5) is 11.4. The Morgan fingerprint density at radius 1 is 1.55 bits per heavy atom. The lowest BCUT2D eigenvalue weighted by Crippen LogP contribution is -2.12. The van der Waals surface area contributed by atoms with Crippen LogP contribution in [0, 0.1) is 0 Å². The van der Waals surface area contributed by atoms with Crippen molar-refractivity contribution in [1.29, 1.82) is 0 Å². The van der Waals surface area contributed by atoms with Crippen LogP contribution in [0.3, 0.4) is 0 Å². The first-order valence-electron chi connectivity index (χ1n) is 3.14. The van der Waals surface area contributed by atoms with Crippen molar-refractivity contribution in [2.24, 2.45) is 0 Å². The minimum absolute atomic E-state index is 0.143. The minimum atomic E-state index is 0.143. The van der Waals surface area contributed by atoms with E-state index in [1.54, 1.807) is 31.7 Å². The second-order valence-electron chi connectivity index (χ2n) is 2.17. The van der Waals surface area contributed by atoms with Gasteiger partial charge in [0.1, 0.15) is 5.75 Å². The van der Waals surface area contributed by atoms with Crippen molar-refractivity contribution >= 4 is 12.1 Å². The van der Waals surface area contributed by atoms with Crippen molar-refractivity contribution in [3.05, 3.63) is 24.3 Å². The molecule has 1 rings (SSSR count). The molecule has 11 heavy (non-hydrogen) atoms. The normalized spacial score (nSPS) is 9.18. The SMILES string of the molecule is CN([C]=O)c1cccc(O)c1. The summed E-state index contributed by atoms with van der Waals surface area (Å²) in [5, 5.41) is 9.00. The van der Waals surface area contributed by atoms with Crippen LogP contribution in [0.15, 0.2) is 24.3 Å². The maximum Gasteiger partial charge on any atom is 0.316 e. The molecule has 0 heterocycles. The Labute approximate surface area is 64.9 Å². The predicted molar refractivity (Wildman–Crippen MR) is 42.2 cm³/mol. The maximum absolute atomic E-state index is 10.1. The Kier molecular flexibility index (Phi) is 2.11. The number of amides is 1. The number of rotatable bonds is 2. The van der Waals surface area contributed by atoms with Crippen molar-refractivity contribution in [3.63, 3.8) is 0 Å². The summed E-state index contributed by atoms with van der Waals surface area (Å²) in [5.74, 6) is 0.143. The summed E-state index contributed by atoms with van der Waals surface area (Å²) < 4.78 is 0. The van der Waals surface area contributed by atoms with Crippen LogP contribution in [0.25, 0.3) is 0 Å². The van der Waals surface area contributed by atoms with E-state index in [4.69, 9.17) is 5.11 Å². The average Bonchev–Trinajstić information content (AvgIpc) is 2.03. The van der Waals surface area contributed by atoms with Gasteiger partial charge in [-0.2, -0.15) is 0 Å². The summed E-state index contributed by atoms with van der Waals surface area (Å²) in [6.07, 6.45) is 1.68. The van der Waals surface area contributed by atoms with Crippen LogP contribution in [0.4, 0.5) is 5.69 Å². The second-order valence-corrected chi connectivity index (χ2v) is 2.17. The number of nitrogens with zero attached hydrogens (tertiary/aromatic N) is 1. The highest BCUT2D eigenvalue weighted by atomic mass is 16.3. The lowest BCUT2D eigenvalue weighted by molar-refractivity contribution is 0.475. The molecule has 1 amide bonds. The molecule has 0 saturated carbocycles. The van der Waals surface area contributed by atoms with Gasteiger partial charge in [-0.15, -0.1) is 0 Å². The number of carbonyl (C=O) groups excluding carboxylic acids is 1. The Balaban J connectivity index is 2.95. The smallest absolute Gasteiger partial charge is 0.316 e. The quantitative estimate of drug-likeness (QED) is 0.636. The van der Waals surface area contributed by atoms with Crippen molar-refractivity contribution in [2.45, 2.75) is 0 Å². The summed E-state index contributed by atoms with van der Waals surface area (Å²) in [6, 6.07) is 6.41. The van der Waals surface area contributed by atoms with E-state index in [1.165, 1.54) is 11.0 Å². The molecule has 1 aromatic rings. The molecular weight excluding hydrogens is 142 g/mol. The highest BCUT2D eigenvalue weighted by molar-refractivity contribution is 5.75. The third-order valence-corrected chi connectivity index (χ3v) is 1.35. The molecule has 0 spiro atoms. The van der Waals surface area contributed by atoms with Gasteiger partial charge in [-0.1, -0.05) is 6.07 Å². The van der Waals surface area contributed by atoms with E-state index in [0.717, 1.165) is 0 Å². The van der Waals surface area contributed by atoms with E-state index in [0.29, 0.717) is 5.69 Å². The summed E-state index contributed by atoms with van der Waals surface area (Å²) in [5.41, 5.74) is 0.625. The van der Waals surface area contributed by atoms with Gasteiger partial charge in [-0.05, 0) is 12.1 Å². The van der Waals surface area contributed by atoms with Gasteiger partial charge < -0.3 is 10.0 Å². The molecule has 1 aromatic carbocycles. The molecule has 3 heteroatoms. The molecule has 1 radical (unpaired) electrons. The first-order chi connectivity index (χ1) is 5.24. The Hall–Kier alpha value is -1.51. The fraction of sp³-hybridized carbons (Fsp3) is 0.125. The van der Waals surface area contributed by atoms with Crippen molar-refractivity contribution in [2.75, 3.05) is 11.9 Å². The molecule has 0 aliphatic carbocycles. The number of hydrogen-bond donors (Lipinski definition) is 1. The van der Waals surface area contributed by atoms with Gasteiger partial charge in [0.2, 0.25) is 0 Å². The number of phenols is 1. The van der Waals surface area contributed by atoms with Gasteiger partial charge in [0.25, 0.3) is 0 Å². The van der Waals surface area contributed by atoms with Crippen LogP contribution in [0.1, 0.15) is 0 Å². The third-order valence-electron chi connectivity index (χ3n) is 1.35. The summed E-state index contributed by atoms with van der Waals surface area (Å²) >= 11 is 0. The second kappa shape index (κ2) is 3.05. The topological polar surface area (TPSA) is 40.5 Å². The molecule has 0 aliphatic heterocycles. The predicted octanol–water partition coefficient (Wildman–Crippen LogP) is 0.896. The van der Waals surface area contributed by atoms with Crippen LogP contribution in [0.2, 0.25) is 0 Å². The number of hydrogen-bond acceptors (Lipinski definition) is 2. The van der Waals surface area contributed by atoms with E-state index in [2.05, 4.69) is 0 Å². The van der Waals surface area contributed by atoms with Crippen LogP contribution >= 0.6 is 0 Å². The van der Waals surface area contributed by atoms with Gasteiger partial charge in [0, 0.05) is 18.8 Å². The van der Waals surface area contributed by atoms with Crippen LogP contribution in [-0.2, 0) is 4.79 Å². The molecule has 57 valence electrons. The van der Waals surface area contributed by atoms with Crippen molar-refractivity contribution in [3.8, 4) is 5.75 Å². The zero-order chi connectivity index (χ0) is 8.27.